The van der Waals surface area contributed by atoms with Crippen LogP contribution in [0.15, 0.2) is 42.7 Å². The Morgan fingerprint density at radius 3 is 1.65 bits per heavy atom. The Kier molecular flexibility index (Phi) is 3.90. The number of hydrogen-bond acceptors (Lipinski definition) is 2. The Balaban J connectivity index is 2.27. The maximum absolute atomic E-state index is 2.48. The van der Waals surface area contributed by atoms with Gasteiger partial charge in [0.05, 0.1) is 0 Å². The molecule has 1 aromatic carbocycles. The van der Waals surface area contributed by atoms with Gasteiger partial charge in [0, 0.05) is 23.5 Å². The van der Waals surface area contributed by atoms with Gasteiger partial charge in [-0.1, -0.05) is 35.9 Å². The molecule has 108 valence electrons. The Morgan fingerprint density at radius 1 is 0.800 bits per heavy atom. The molecule has 1 heterocycles. The van der Waals surface area contributed by atoms with Gasteiger partial charge in [0.2, 0.25) is 0 Å². The summed E-state index contributed by atoms with van der Waals surface area (Å²) in [5, 5.41) is 0. The van der Waals surface area contributed by atoms with Gasteiger partial charge in [0.25, 0.3) is 0 Å². The standard InChI is InChI=1S/C17H27BN2/c1-16(2,3)19-12-13-20(17(4,5)6)18(19)14-15-10-8-7-9-11-15/h7-13H,14H2,1-6H3. The summed E-state index contributed by atoms with van der Waals surface area (Å²) in [5.41, 5.74) is 1.66. The molecule has 0 N–H and O–H groups in total. The van der Waals surface area contributed by atoms with Crippen molar-refractivity contribution < 1.29 is 0 Å². The van der Waals surface area contributed by atoms with Gasteiger partial charge < -0.3 is 9.62 Å². The molecular weight excluding hydrogens is 243 g/mol. The summed E-state index contributed by atoms with van der Waals surface area (Å²) in [6.07, 6.45) is 5.54. The van der Waals surface area contributed by atoms with E-state index in [9.17, 15) is 0 Å². The number of hydrogen-bond donors (Lipinski definition) is 0. The van der Waals surface area contributed by atoms with Crippen LogP contribution in [-0.2, 0) is 6.32 Å². The fraction of sp³-hybridized carbons (Fsp3) is 0.529. The second-order valence-corrected chi connectivity index (χ2v) is 7.62. The first kappa shape index (κ1) is 15.0. The normalized spacial score (nSPS) is 16.2. The maximum atomic E-state index is 2.48. The van der Waals surface area contributed by atoms with Gasteiger partial charge >= 0.3 is 6.98 Å². The highest BCUT2D eigenvalue weighted by Gasteiger charge is 2.41. The third-order valence-electron chi connectivity index (χ3n) is 3.84. The van der Waals surface area contributed by atoms with Crippen LogP contribution in [-0.4, -0.2) is 27.7 Å². The topological polar surface area (TPSA) is 6.48 Å². The minimum Gasteiger partial charge on any atom is -0.396 e. The van der Waals surface area contributed by atoms with E-state index < -0.39 is 0 Å². The molecule has 0 saturated carbocycles. The van der Waals surface area contributed by atoms with Gasteiger partial charge in [-0.05, 0) is 47.9 Å². The highest BCUT2D eigenvalue weighted by Crippen LogP contribution is 2.30. The predicted octanol–water partition coefficient (Wildman–Crippen LogP) is 3.94. The summed E-state index contributed by atoms with van der Waals surface area (Å²) in [7, 11) is 0. The van der Waals surface area contributed by atoms with Crippen LogP contribution in [0.5, 0.6) is 0 Å². The zero-order valence-electron chi connectivity index (χ0n) is 13.7. The lowest BCUT2D eigenvalue weighted by atomic mass is 9.63. The first-order valence-corrected chi connectivity index (χ1v) is 7.49. The first-order valence-electron chi connectivity index (χ1n) is 7.49. The average Bonchev–Trinajstić information content (AvgIpc) is 2.73. The molecule has 0 saturated heterocycles. The molecule has 0 fully saturated rings. The van der Waals surface area contributed by atoms with Gasteiger partial charge in [0.1, 0.15) is 0 Å². The molecule has 1 aromatic rings. The fourth-order valence-corrected chi connectivity index (χ4v) is 2.84. The van der Waals surface area contributed by atoms with Crippen LogP contribution in [0, 0.1) is 0 Å². The quantitative estimate of drug-likeness (QED) is 0.751. The summed E-state index contributed by atoms with van der Waals surface area (Å²) in [6.45, 7) is 14.1. The third kappa shape index (κ3) is 3.20. The Hall–Kier alpha value is -1.38. The molecule has 20 heavy (non-hydrogen) atoms. The number of benzene rings is 1. The second kappa shape index (κ2) is 5.19. The molecule has 0 radical (unpaired) electrons. The molecule has 1 aliphatic rings. The van der Waals surface area contributed by atoms with Crippen LogP contribution >= 0.6 is 0 Å². The van der Waals surface area contributed by atoms with E-state index in [1.807, 2.05) is 0 Å². The second-order valence-electron chi connectivity index (χ2n) is 7.62. The molecule has 0 atom stereocenters. The summed E-state index contributed by atoms with van der Waals surface area (Å²) in [4.78, 5) is 4.95. The molecular formula is C17H27BN2. The van der Waals surface area contributed by atoms with Crippen molar-refractivity contribution in [1.82, 2.24) is 9.62 Å². The van der Waals surface area contributed by atoms with Crippen molar-refractivity contribution in [3.63, 3.8) is 0 Å². The van der Waals surface area contributed by atoms with Gasteiger partial charge in [-0.3, -0.25) is 0 Å². The Bertz CT molecular complexity index is 444. The smallest absolute Gasteiger partial charge is 0.380 e. The van der Waals surface area contributed by atoms with Crippen LogP contribution in [0.1, 0.15) is 47.1 Å². The summed E-state index contributed by atoms with van der Waals surface area (Å²) in [5.74, 6) is 0. The molecule has 0 amide bonds. The Morgan fingerprint density at radius 2 is 1.25 bits per heavy atom. The van der Waals surface area contributed by atoms with Gasteiger partial charge in [-0.2, -0.15) is 0 Å². The van der Waals surface area contributed by atoms with Gasteiger partial charge in [-0.15, -0.1) is 0 Å². The lowest BCUT2D eigenvalue weighted by molar-refractivity contribution is 0.279. The number of rotatable bonds is 2. The van der Waals surface area contributed by atoms with Crippen molar-refractivity contribution in [2.75, 3.05) is 0 Å². The zero-order valence-corrected chi connectivity index (χ0v) is 13.7. The minimum atomic E-state index is 0.135. The van der Waals surface area contributed by atoms with Crippen molar-refractivity contribution in [3.8, 4) is 0 Å². The molecule has 0 bridgehead atoms. The monoisotopic (exact) mass is 270 g/mol. The molecule has 2 rings (SSSR count). The molecule has 1 aliphatic heterocycles. The maximum Gasteiger partial charge on any atom is 0.380 e. The van der Waals surface area contributed by atoms with Crippen molar-refractivity contribution in [1.29, 1.82) is 0 Å². The SMILES string of the molecule is CC(C)(C)N1C=CN(C(C)(C)C)B1Cc1ccccc1. The van der Waals surface area contributed by atoms with E-state index in [2.05, 4.69) is 93.9 Å². The molecule has 0 spiro atoms. The Labute approximate surface area is 124 Å². The summed E-state index contributed by atoms with van der Waals surface area (Å²) < 4.78 is 0. The lowest BCUT2D eigenvalue weighted by Gasteiger charge is -2.43. The van der Waals surface area contributed by atoms with Crippen molar-refractivity contribution in [3.05, 3.63) is 48.3 Å². The zero-order chi connectivity index (χ0) is 15.0. The molecule has 0 aromatic heterocycles. The van der Waals surface area contributed by atoms with E-state index in [1.54, 1.807) is 0 Å². The minimum absolute atomic E-state index is 0.135. The van der Waals surface area contributed by atoms with Crippen molar-refractivity contribution >= 4 is 6.98 Å². The molecule has 3 heteroatoms. The van der Waals surface area contributed by atoms with Gasteiger partial charge in [-0.25, -0.2) is 0 Å². The molecule has 0 aliphatic carbocycles. The van der Waals surface area contributed by atoms with Crippen LogP contribution in [0.2, 0.25) is 0 Å². The largest absolute Gasteiger partial charge is 0.396 e. The van der Waals surface area contributed by atoms with E-state index in [0.29, 0.717) is 6.98 Å². The van der Waals surface area contributed by atoms with E-state index >= 15 is 0 Å². The average molecular weight is 270 g/mol. The first-order chi connectivity index (χ1) is 9.19. The van der Waals surface area contributed by atoms with Crippen LogP contribution in [0.3, 0.4) is 0 Å². The number of nitrogens with zero attached hydrogens (tertiary/aromatic N) is 2. The van der Waals surface area contributed by atoms with Crippen molar-refractivity contribution in [2.24, 2.45) is 0 Å². The van der Waals surface area contributed by atoms with E-state index in [-0.39, 0.29) is 11.1 Å². The molecule has 0 unspecified atom stereocenters. The van der Waals surface area contributed by atoms with Crippen LogP contribution in [0.25, 0.3) is 0 Å². The highest BCUT2D eigenvalue weighted by atomic mass is 15.3. The fourth-order valence-electron chi connectivity index (χ4n) is 2.84. The summed E-state index contributed by atoms with van der Waals surface area (Å²) >= 11 is 0. The van der Waals surface area contributed by atoms with Crippen LogP contribution < -0.4 is 0 Å². The van der Waals surface area contributed by atoms with Crippen molar-refractivity contribution in [2.45, 2.75) is 58.9 Å². The summed E-state index contributed by atoms with van der Waals surface area (Å²) in [6, 6.07) is 10.8. The van der Waals surface area contributed by atoms with E-state index in [0.717, 1.165) is 6.32 Å². The predicted molar refractivity (Wildman–Crippen MR) is 88.2 cm³/mol. The lowest BCUT2D eigenvalue weighted by Crippen LogP contribution is -2.57. The van der Waals surface area contributed by atoms with E-state index in [4.69, 9.17) is 0 Å². The third-order valence-corrected chi connectivity index (χ3v) is 3.84. The molecule has 2 nitrogen and oxygen atoms in total. The highest BCUT2D eigenvalue weighted by molar-refractivity contribution is 6.54. The van der Waals surface area contributed by atoms with E-state index in [1.165, 1.54) is 5.56 Å². The van der Waals surface area contributed by atoms with Gasteiger partial charge in [0.15, 0.2) is 0 Å². The van der Waals surface area contributed by atoms with Crippen LogP contribution in [0.4, 0.5) is 0 Å².